The number of rotatable bonds is 5. The van der Waals surface area contributed by atoms with Crippen molar-refractivity contribution in [3.8, 4) is 0 Å². The molecule has 0 fully saturated rings. The van der Waals surface area contributed by atoms with Gasteiger partial charge < -0.3 is 0 Å². The van der Waals surface area contributed by atoms with Crippen molar-refractivity contribution in [1.82, 2.24) is 4.72 Å². The number of carbonyl (C=O) groups excluding carboxylic acids is 1. The number of allylic oxidation sites excluding steroid dienone is 1. The smallest absolute Gasteiger partial charge is 0.160 e. The van der Waals surface area contributed by atoms with Gasteiger partial charge in [0.2, 0.25) is 0 Å². The van der Waals surface area contributed by atoms with E-state index in [9.17, 15) is 9.00 Å². The minimum Gasteiger partial charge on any atom is -0.294 e. The van der Waals surface area contributed by atoms with E-state index in [-0.39, 0.29) is 11.8 Å². The second-order valence-electron chi connectivity index (χ2n) is 5.81. The molecule has 0 amide bonds. The third-order valence-electron chi connectivity index (χ3n) is 4.03. The summed E-state index contributed by atoms with van der Waals surface area (Å²) in [6.45, 7) is 1.99. The van der Waals surface area contributed by atoms with Gasteiger partial charge in [-0.2, -0.15) is 0 Å². The van der Waals surface area contributed by atoms with Crippen molar-refractivity contribution in [1.29, 1.82) is 0 Å². The van der Waals surface area contributed by atoms with E-state index in [0.29, 0.717) is 16.9 Å². The van der Waals surface area contributed by atoms with Crippen LogP contribution in [0, 0.1) is 6.92 Å². The molecule has 0 bridgehead atoms. The maximum atomic E-state index is 12.7. The largest absolute Gasteiger partial charge is 0.294 e. The molecule has 3 nitrogen and oxygen atoms in total. The number of hydrogen-bond donors (Lipinski definition) is 1. The monoisotopic (exact) mass is 403 g/mol. The molecule has 0 saturated carbocycles. The van der Waals surface area contributed by atoms with E-state index in [0.717, 1.165) is 22.0 Å². The summed E-state index contributed by atoms with van der Waals surface area (Å²) in [5.41, 5.74) is 2.76. The summed E-state index contributed by atoms with van der Waals surface area (Å²) in [6.07, 6.45) is 3.23. The summed E-state index contributed by atoms with van der Waals surface area (Å²) in [5, 5.41) is 0. The Hall–Kier alpha value is -1.56. The SMILES string of the molecule is Cc1ccc(S(=O)N[C@H](C2=CCCC2=O)c2ccc(Br)cc2)cc1. The van der Waals surface area contributed by atoms with Gasteiger partial charge in [0, 0.05) is 16.5 Å². The van der Waals surface area contributed by atoms with Crippen molar-refractivity contribution in [2.75, 3.05) is 0 Å². The van der Waals surface area contributed by atoms with E-state index in [2.05, 4.69) is 20.7 Å². The zero-order chi connectivity index (χ0) is 17.1. The molecule has 2 aromatic rings. The third kappa shape index (κ3) is 3.91. The average molecular weight is 404 g/mol. The molecule has 5 heteroatoms. The summed E-state index contributed by atoms with van der Waals surface area (Å²) in [7, 11) is -1.39. The molecular formula is C19H18BrNO2S. The molecule has 1 unspecified atom stereocenters. The highest BCUT2D eigenvalue weighted by atomic mass is 79.9. The van der Waals surface area contributed by atoms with Crippen molar-refractivity contribution in [3.05, 3.63) is 75.8 Å². The molecule has 0 aromatic heterocycles. The maximum absolute atomic E-state index is 12.7. The van der Waals surface area contributed by atoms with Gasteiger partial charge in [0.1, 0.15) is 11.0 Å². The molecular weight excluding hydrogens is 386 g/mol. The summed E-state index contributed by atoms with van der Waals surface area (Å²) in [4.78, 5) is 12.9. The van der Waals surface area contributed by atoms with Crippen molar-refractivity contribution in [2.45, 2.75) is 30.7 Å². The summed E-state index contributed by atoms with van der Waals surface area (Å²) in [6, 6.07) is 14.9. The van der Waals surface area contributed by atoms with Gasteiger partial charge in [0.15, 0.2) is 5.78 Å². The van der Waals surface area contributed by atoms with E-state index in [1.807, 2.05) is 61.5 Å². The standard InChI is InChI=1S/C19H18BrNO2S/c1-13-5-11-16(12-6-13)24(23)21-19(17-3-2-4-18(17)22)14-7-9-15(20)10-8-14/h3,5-12,19,21H,2,4H2,1H3/t19-,24?/m0/s1. The Bertz CT molecular complexity index is 797. The fourth-order valence-electron chi connectivity index (χ4n) is 2.70. The van der Waals surface area contributed by atoms with Gasteiger partial charge in [-0.1, -0.05) is 51.8 Å². The molecule has 0 saturated heterocycles. The topological polar surface area (TPSA) is 46.2 Å². The van der Waals surface area contributed by atoms with E-state index in [4.69, 9.17) is 0 Å². The number of benzene rings is 2. The quantitative estimate of drug-likeness (QED) is 0.803. The first-order valence-corrected chi connectivity index (χ1v) is 9.72. The molecule has 3 rings (SSSR count). The van der Waals surface area contributed by atoms with Crippen LogP contribution in [0.1, 0.15) is 30.0 Å². The van der Waals surface area contributed by atoms with Crippen molar-refractivity contribution >= 4 is 32.7 Å². The van der Waals surface area contributed by atoms with Crippen LogP contribution < -0.4 is 4.72 Å². The molecule has 1 N–H and O–H groups in total. The highest BCUT2D eigenvalue weighted by Gasteiger charge is 2.27. The van der Waals surface area contributed by atoms with Crippen LogP contribution >= 0.6 is 15.9 Å². The second kappa shape index (κ2) is 7.55. The fraction of sp³-hybridized carbons (Fsp3) is 0.211. The van der Waals surface area contributed by atoms with Crippen LogP contribution in [0.2, 0.25) is 0 Å². The van der Waals surface area contributed by atoms with Gasteiger partial charge in [-0.05, 0) is 43.2 Å². The number of aryl methyl sites for hydroxylation is 1. The van der Waals surface area contributed by atoms with E-state index >= 15 is 0 Å². The van der Waals surface area contributed by atoms with Crippen molar-refractivity contribution in [3.63, 3.8) is 0 Å². The third-order valence-corrected chi connectivity index (χ3v) is 5.71. The number of halogens is 1. The van der Waals surface area contributed by atoms with Crippen molar-refractivity contribution < 1.29 is 9.00 Å². The second-order valence-corrected chi connectivity index (χ2v) is 7.97. The first-order chi connectivity index (χ1) is 11.5. The number of carbonyl (C=O) groups is 1. The number of Topliss-reactive ketones (excluding diaryl/α,β-unsaturated/α-hetero) is 1. The van der Waals surface area contributed by atoms with Crippen LogP contribution in [-0.4, -0.2) is 9.99 Å². The lowest BCUT2D eigenvalue weighted by molar-refractivity contribution is -0.115. The van der Waals surface area contributed by atoms with Gasteiger partial charge in [-0.3, -0.25) is 4.79 Å². The van der Waals surface area contributed by atoms with Crippen LogP contribution in [-0.2, 0) is 15.8 Å². The predicted molar refractivity (Wildman–Crippen MR) is 99.9 cm³/mol. The lowest BCUT2D eigenvalue weighted by Gasteiger charge is -2.19. The first-order valence-electron chi connectivity index (χ1n) is 7.78. The van der Waals surface area contributed by atoms with Crippen LogP contribution in [0.15, 0.2) is 69.5 Å². The molecule has 24 heavy (non-hydrogen) atoms. The van der Waals surface area contributed by atoms with Gasteiger partial charge in [-0.25, -0.2) is 8.93 Å². The number of nitrogens with one attached hydrogen (secondary N) is 1. The highest BCUT2D eigenvalue weighted by molar-refractivity contribution is 9.10. The molecule has 0 aliphatic heterocycles. The maximum Gasteiger partial charge on any atom is 0.160 e. The predicted octanol–water partition coefficient (Wildman–Crippen LogP) is 4.40. The highest BCUT2D eigenvalue weighted by Crippen LogP contribution is 2.30. The van der Waals surface area contributed by atoms with Gasteiger partial charge >= 0.3 is 0 Å². The van der Waals surface area contributed by atoms with E-state index in [1.165, 1.54) is 0 Å². The van der Waals surface area contributed by atoms with Crippen molar-refractivity contribution in [2.24, 2.45) is 0 Å². The van der Waals surface area contributed by atoms with Crippen LogP contribution in [0.3, 0.4) is 0 Å². The lowest BCUT2D eigenvalue weighted by atomic mass is 9.98. The van der Waals surface area contributed by atoms with Crippen LogP contribution in [0.25, 0.3) is 0 Å². The van der Waals surface area contributed by atoms with Gasteiger partial charge in [0.05, 0.1) is 10.9 Å². The van der Waals surface area contributed by atoms with E-state index in [1.54, 1.807) is 0 Å². The van der Waals surface area contributed by atoms with Gasteiger partial charge in [-0.15, -0.1) is 0 Å². The number of ketones is 1. The molecule has 0 heterocycles. The Morgan fingerprint density at radius 2 is 1.75 bits per heavy atom. The Kier molecular flexibility index (Phi) is 5.43. The fourth-order valence-corrected chi connectivity index (χ4v) is 3.96. The Morgan fingerprint density at radius 1 is 1.08 bits per heavy atom. The summed E-state index contributed by atoms with van der Waals surface area (Å²) < 4.78 is 16.8. The Balaban J connectivity index is 1.90. The number of hydrogen-bond acceptors (Lipinski definition) is 2. The molecule has 1 aliphatic carbocycles. The average Bonchev–Trinajstić information content (AvgIpc) is 3.00. The molecule has 1 aliphatic rings. The minimum atomic E-state index is -1.39. The zero-order valence-corrected chi connectivity index (χ0v) is 15.7. The Morgan fingerprint density at radius 3 is 2.33 bits per heavy atom. The molecule has 2 aromatic carbocycles. The molecule has 0 radical (unpaired) electrons. The van der Waals surface area contributed by atoms with Gasteiger partial charge in [0.25, 0.3) is 0 Å². The normalized spacial score (nSPS) is 16.8. The van der Waals surface area contributed by atoms with Crippen LogP contribution in [0.4, 0.5) is 0 Å². The van der Waals surface area contributed by atoms with E-state index < -0.39 is 11.0 Å². The molecule has 2 atom stereocenters. The lowest BCUT2D eigenvalue weighted by Crippen LogP contribution is -2.27. The Labute approximate surface area is 152 Å². The molecule has 0 spiro atoms. The zero-order valence-electron chi connectivity index (χ0n) is 13.3. The van der Waals surface area contributed by atoms with Crippen LogP contribution in [0.5, 0.6) is 0 Å². The summed E-state index contributed by atoms with van der Waals surface area (Å²) >= 11 is 3.42. The molecule has 124 valence electrons. The minimum absolute atomic E-state index is 0.122. The first kappa shape index (κ1) is 17.3. The summed E-state index contributed by atoms with van der Waals surface area (Å²) in [5.74, 6) is 0.122.